The van der Waals surface area contributed by atoms with Crippen LogP contribution in [0.15, 0.2) is 66.2 Å². The van der Waals surface area contributed by atoms with Crippen LogP contribution in [0.1, 0.15) is 23.6 Å². The molecule has 0 spiro atoms. The van der Waals surface area contributed by atoms with E-state index in [1.54, 1.807) is 50.4 Å². The third-order valence-electron chi connectivity index (χ3n) is 6.15. The first-order valence-electron chi connectivity index (χ1n) is 12.1. The van der Waals surface area contributed by atoms with Crippen LogP contribution in [0.4, 0.5) is 31.8 Å². The van der Waals surface area contributed by atoms with Gasteiger partial charge in [-0.1, -0.05) is 17.7 Å². The van der Waals surface area contributed by atoms with Crippen LogP contribution in [-0.2, 0) is 4.79 Å². The minimum absolute atomic E-state index is 0.0261. The molecule has 2 heterocycles. The van der Waals surface area contributed by atoms with Gasteiger partial charge >= 0.3 is 0 Å². The molecule has 41 heavy (non-hydrogen) atoms. The number of anilines is 3. The lowest BCUT2D eigenvalue weighted by Gasteiger charge is -2.26. The van der Waals surface area contributed by atoms with Crippen LogP contribution in [0.5, 0.6) is 5.75 Å². The van der Waals surface area contributed by atoms with E-state index in [0.717, 1.165) is 6.33 Å². The third kappa shape index (κ3) is 5.97. The summed E-state index contributed by atoms with van der Waals surface area (Å²) >= 11 is 6.31. The molecule has 4 aromatic rings. The number of methoxy groups -OCH3 is 1. The van der Waals surface area contributed by atoms with Crippen molar-refractivity contribution in [2.24, 2.45) is 4.99 Å². The summed E-state index contributed by atoms with van der Waals surface area (Å²) in [5.41, 5.74) is 6.78. The summed E-state index contributed by atoms with van der Waals surface area (Å²) in [4.78, 5) is 30.7. The zero-order valence-corrected chi connectivity index (χ0v) is 22.9. The fraction of sp³-hybridized carbons (Fsp3) is 0.143. The molecule has 2 aromatic heterocycles. The van der Waals surface area contributed by atoms with Crippen molar-refractivity contribution in [2.45, 2.75) is 19.9 Å². The van der Waals surface area contributed by atoms with Crippen LogP contribution >= 0.6 is 11.6 Å². The topological polar surface area (TPSA) is 142 Å². The van der Waals surface area contributed by atoms with E-state index < -0.39 is 23.4 Å². The van der Waals surface area contributed by atoms with Crippen LogP contribution in [-0.4, -0.2) is 46.1 Å². The number of carbonyl (C=O) groups excluding carboxylic acids is 1. The monoisotopic (exact) mass is 578 g/mol. The Morgan fingerprint density at radius 3 is 2.66 bits per heavy atom. The van der Waals surface area contributed by atoms with Gasteiger partial charge in [0.1, 0.15) is 23.8 Å². The maximum Gasteiger partial charge on any atom is 0.219 e. The number of aromatic nitrogens is 3. The fourth-order valence-corrected chi connectivity index (χ4v) is 4.15. The molecule has 1 unspecified atom stereocenters. The number of aliphatic imine (C=N–C) groups is 1. The molecule has 10 nitrogen and oxygen atoms in total. The summed E-state index contributed by atoms with van der Waals surface area (Å²) in [6.45, 7) is 3.49. The van der Waals surface area contributed by atoms with Crippen LogP contribution in [0.2, 0.25) is 5.02 Å². The minimum Gasteiger partial charge on any atom is -0.494 e. The van der Waals surface area contributed by atoms with Gasteiger partial charge in [-0.05, 0) is 55.8 Å². The number of hydrogen-bond donors (Lipinski definition) is 3. The van der Waals surface area contributed by atoms with E-state index in [1.165, 1.54) is 30.3 Å². The highest BCUT2D eigenvalue weighted by Gasteiger charge is 2.26. The number of rotatable bonds is 9. The predicted molar refractivity (Wildman–Crippen MR) is 154 cm³/mol. The molecule has 1 amide bonds. The summed E-state index contributed by atoms with van der Waals surface area (Å²) in [6, 6.07) is 10.2. The van der Waals surface area contributed by atoms with Crippen molar-refractivity contribution in [3.8, 4) is 5.75 Å². The zero-order chi connectivity index (χ0) is 29.7. The second-order valence-electron chi connectivity index (χ2n) is 8.71. The highest BCUT2D eigenvalue weighted by atomic mass is 35.5. The lowest BCUT2D eigenvalue weighted by molar-refractivity contribution is -0.106. The number of nitrogen functional groups attached to an aromatic ring is 1. The van der Waals surface area contributed by atoms with E-state index in [-0.39, 0.29) is 34.3 Å². The van der Waals surface area contributed by atoms with Crippen LogP contribution in [0.25, 0.3) is 0 Å². The lowest BCUT2D eigenvalue weighted by Crippen LogP contribution is -2.41. The number of nitrogens with zero attached hydrogens (tertiary/aromatic N) is 5. The van der Waals surface area contributed by atoms with Gasteiger partial charge in [0.05, 0.1) is 42.0 Å². The van der Waals surface area contributed by atoms with E-state index in [4.69, 9.17) is 32.5 Å². The third-order valence-corrected chi connectivity index (χ3v) is 6.56. The highest BCUT2D eigenvalue weighted by Crippen LogP contribution is 2.30. The average molecular weight is 579 g/mol. The van der Waals surface area contributed by atoms with Crippen molar-refractivity contribution in [1.82, 2.24) is 15.0 Å². The van der Waals surface area contributed by atoms with Crippen molar-refractivity contribution in [2.75, 3.05) is 23.1 Å². The van der Waals surface area contributed by atoms with Crippen molar-refractivity contribution >= 4 is 52.6 Å². The Bertz CT molecular complexity index is 1640. The van der Waals surface area contributed by atoms with E-state index in [0.29, 0.717) is 28.4 Å². The van der Waals surface area contributed by atoms with Gasteiger partial charge in [0.25, 0.3) is 0 Å². The van der Waals surface area contributed by atoms with Crippen molar-refractivity contribution < 1.29 is 18.3 Å². The van der Waals surface area contributed by atoms with Crippen LogP contribution in [0.3, 0.4) is 0 Å². The van der Waals surface area contributed by atoms with E-state index >= 15 is 0 Å². The van der Waals surface area contributed by atoms with E-state index in [9.17, 15) is 13.6 Å². The summed E-state index contributed by atoms with van der Waals surface area (Å²) in [6.07, 6.45) is 4.80. The van der Waals surface area contributed by atoms with Gasteiger partial charge < -0.3 is 15.8 Å². The molecule has 1 atom stereocenters. The van der Waals surface area contributed by atoms with E-state index in [1.807, 2.05) is 0 Å². The number of pyridine rings is 1. The summed E-state index contributed by atoms with van der Waals surface area (Å²) in [5.74, 6) is -2.77. The molecule has 0 bridgehead atoms. The number of ether oxygens (including phenoxy) is 1. The number of nitrogens with two attached hydrogens (primary N) is 1. The molecule has 2 aromatic carbocycles. The van der Waals surface area contributed by atoms with Crippen molar-refractivity contribution in [3.63, 3.8) is 0 Å². The Morgan fingerprint density at radius 1 is 1.20 bits per heavy atom. The first-order valence-corrected chi connectivity index (χ1v) is 12.5. The normalized spacial score (nSPS) is 12.0. The van der Waals surface area contributed by atoms with Gasteiger partial charge in [-0.15, -0.1) is 0 Å². The van der Waals surface area contributed by atoms with Crippen molar-refractivity contribution in [1.29, 1.82) is 5.41 Å². The quantitative estimate of drug-likeness (QED) is 0.139. The second kappa shape index (κ2) is 12.5. The summed E-state index contributed by atoms with van der Waals surface area (Å²) in [7, 11) is 1.20. The zero-order valence-electron chi connectivity index (χ0n) is 22.2. The number of benzene rings is 2. The maximum atomic E-state index is 14.9. The van der Waals surface area contributed by atoms with Crippen LogP contribution in [0, 0.1) is 24.0 Å². The molecule has 0 fully saturated rings. The highest BCUT2D eigenvalue weighted by molar-refractivity contribution is 6.31. The SMILES string of the molecule is COc1ccc(C(=N)c2c(N)ncnc2NC(C)/C(=N/c2cccc(Cl)c2C)N(C=O)c2cccnc2)c(F)c1F. The Labute approximate surface area is 239 Å². The largest absolute Gasteiger partial charge is 0.494 e. The lowest BCUT2D eigenvalue weighted by atomic mass is 10.0. The van der Waals surface area contributed by atoms with Crippen LogP contribution < -0.4 is 20.7 Å². The van der Waals surface area contributed by atoms with Gasteiger partial charge in [-0.2, -0.15) is 4.39 Å². The van der Waals surface area contributed by atoms with Gasteiger partial charge in [-0.25, -0.2) is 19.4 Å². The molecule has 0 saturated heterocycles. The van der Waals surface area contributed by atoms with Gasteiger partial charge in [0, 0.05) is 16.8 Å². The number of halogens is 3. The smallest absolute Gasteiger partial charge is 0.219 e. The van der Waals surface area contributed by atoms with Gasteiger partial charge in [0.15, 0.2) is 11.6 Å². The molecule has 4 N–H and O–H groups in total. The molecular formula is C28H25ClF2N8O2. The number of carbonyl (C=O) groups is 1. The average Bonchev–Trinajstić information content (AvgIpc) is 2.97. The molecular weight excluding hydrogens is 554 g/mol. The molecule has 4 rings (SSSR count). The fourth-order valence-electron chi connectivity index (χ4n) is 3.99. The second-order valence-corrected chi connectivity index (χ2v) is 9.11. The molecule has 0 radical (unpaired) electrons. The number of hydrogen-bond acceptors (Lipinski definition) is 9. The first kappa shape index (κ1) is 29.0. The van der Waals surface area contributed by atoms with Crippen molar-refractivity contribution in [3.05, 3.63) is 94.5 Å². The van der Waals surface area contributed by atoms with Gasteiger partial charge in [-0.3, -0.25) is 20.1 Å². The number of amidine groups is 1. The Balaban J connectivity index is 1.81. The summed E-state index contributed by atoms with van der Waals surface area (Å²) in [5, 5.41) is 12.3. The Hall–Kier alpha value is -4.97. The first-order chi connectivity index (χ1) is 19.7. The van der Waals surface area contributed by atoms with E-state index in [2.05, 4.69) is 20.3 Å². The number of nitrogens with one attached hydrogen (secondary N) is 2. The van der Waals surface area contributed by atoms with Gasteiger partial charge in [0.2, 0.25) is 12.2 Å². The molecule has 0 aliphatic heterocycles. The predicted octanol–water partition coefficient (Wildman–Crippen LogP) is 5.31. The summed E-state index contributed by atoms with van der Waals surface area (Å²) < 4.78 is 34.2. The molecule has 0 aliphatic carbocycles. The Morgan fingerprint density at radius 2 is 1.98 bits per heavy atom. The minimum atomic E-state index is -1.29. The maximum absolute atomic E-state index is 14.9. The molecule has 210 valence electrons. The molecule has 0 aliphatic rings. The molecule has 0 saturated carbocycles. The number of amides is 1. The Kier molecular flexibility index (Phi) is 8.83. The standard InChI is InChI=1S/C28H25ClF2N8O2/c1-15-19(29)7-4-8-20(15)38-28(39(14-40)17-6-5-11-34-12-17)16(2)37-27-22(26(33)35-13-36-27)25(32)18-9-10-21(41-3)24(31)23(18)30/h4-14,16,32H,1-3H3,(H3,33,35,36,37)/b32-25?,38-28-. The molecule has 13 heteroatoms.